The summed E-state index contributed by atoms with van der Waals surface area (Å²) in [7, 11) is 7.66. The van der Waals surface area contributed by atoms with E-state index in [1.807, 2.05) is 32.8 Å². The van der Waals surface area contributed by atoms with Gasteiger partial charge < -0.3 is 33.9 Å². The fourth-order valence-electron chi connectivity index (χ4n) is 8.87. The van der Waals surface area contributed by atoms with Crippen molar-refractivity contribution in [1.82, 2.24) is 14.7 Å². The number of ketones is 1. The van der Waals surface area contributed by atoms with Crippen molar-refractivity contribution >= 4 is 11.8 Å². The first-order valence-corrected chi connectivity index (χ1v) is 20.3. The lowest BCUT2D eigenvalue weighted by molar-refractivity contribution is -0.295. The quantitative estimate of drug-likeness (QED) is 0.142. The number of allylic oxidation sites excluding steroid dienone is 2. The van der Waals surface area contributed by atoms with Gasteiger partial charge in [0.15, 0.2) is 12.1 Å². The van der Waals surface area contributed by atoms with Gasteiger partial charge in [-0.05, 0) is 151 Å². The van der Waals surface area contributed by atoms with Crippen LogP contribution < -0.4 is 0 Å². The number of methoxy groups -OCH3 is 1. The van der Waals surface area contributed by atoms with Crippen molar-refractivity contribution in [3.8, 4) is 0 Å². The number of carbonyl (C=O) groups is 2. The van der Waals surface area contributed by atoms with E-state index in [1.165, 1.54) is 24.8 Å². The van der Waals surface area contributed by atoms with E-state index in [2.05, 4.69) is 50.6 Å². The van der Waals surface area contributed by atoms with Gasteiger partial charge in [-0.3, -0.25) is 14.5 Å². The molecule has 3 aliphatic heterocycles. The van der Waals surface area contributed by atoms with Crippen LogP contribution >= 0.6 is 0 Å². The molecule has 3 fully saturated rings. The average molecular weight is 736 g/mol. The first kappa shape index (κ1) is 45.0. The lowest BCUT2D eigenvalue weighted by Gasteiger charge is -2.47. The SMILES string of the molecule is CO[C@]1(C)C[C@@H](C)CN(C)[C@@H](CC2CCN(CC[C@@H](C)CCC=C(C)C)CC2)COC(=O)C(C)(C)C(=O)[C@H](C)[C@H]1O[C@@H]1O[C@H](C)C[C@H](N(C)C)[C@H]1O. The van der Waals surface area contributed by atoms with Gasteiger partial charge in [0.05, 0.1) is 17.8 Å². The van der Waals surface area contributed by atoms with Gasteiger partial charge in [0, 0.05) is 31.7 Å². The van der Waals surface area contributed by atoms with E-state index < -0.39 is 41.4 Å². The number of carbonyl (C=O) groups excluding carboxylic acids is 2. The summed E-state index contributed by atoms with van der Waals surface area (Å²) in [6, 6.07) is -0.129. The molecule has 52 heavy (non-hydrogen) atoms. The summed E-state index contributed by atoms with van der Waals surface area (Å²) >= 11 is 0. The number of aliphatic hydroxyl groups is 1. The van der Waals surface area contributed by atoms with Gasteiger partial charge in [-0.2, -0.15) is 0 Å². The standard InChI is InChI=1S/C42H77N3O7/c1-28(2)15-14-16-29(3)17-20-45-21-18-33(19-22-45)24-34-27-50-40(48)41(7,8)37(47)32(6)38(42(9,49-13)25-30(4)26-44(34)12)52-39-36(46)35(43(10)11)23-31(5)51-39/h15,29-36,38-39,46H,14,16-27H2,1-13H3/t29-,30+,31+,32-,34-,35-,36+,38+,39-,42+/m0/s1. The summed E-state index contributed by atoms with van der Waals surface area (Å²) in [4.78, 5) is 35.1. The van der Waals surface area contributed by atoms with Crippen molar-refractivity contribution in [2.75, 3.05) is 61.0 Å². The van der Waals surface area contributed by atoms with E-state index in [1.54, 1.807) is 27.9 Å². The number of Topliss-reactive ketones (excluding diaryl/α,β-unsaturated/α-hetero) is 1. The molecule has 0 unspecified atom stereocenters. The molecule has 0 aliphatic carbocycles. The molecule has 0 aromatic carbocycles. The van der Waals surface area contributed by atoms with E-state index in [4.69, 9.17) is 18.9 Å². The van der Waals surface area contributed by atoms with E-state index in [0.717, 1.165) is 51.4 Å². The Morgan fingerprint density at radius 1 is 1.10 bits per heavy atom. The second-order valence-electron chi connectivity index (χ2n) is 18.2. The molecule has 0 saturated carbocycles. The maximum atomic E-state index is 14.3. The number of aliphatic hydroxyl groups excluding tert-OH is 1. The minimum absolute atomic E-state index is 0.0400. The highest BCUT2D eigenvalue weighted by atomic mass is 16.7. The summed E-state index contributed by atoms with van der Waals surface area (Å²) in [5, 5.41) is 11.4. The van der Waals surface area contributed by atoms with Crippen molar-refractivity contribution in [1.29, 1.82) is 0 Å². The molecule has 1 N–H and O–H groups in total. The summed E-state index contributed by atoms with van der Waals surface area (Å²) < 4.78 is 25.2. The third-order valence-corrected chi connectivity index (χ3v) is 12.5. The number of piperidine rings is 1. The molecule has 3 aliphatic rings. The Balaban J connectivity index is 1.76. The second kappa shape index (κ2) is 20.0. The second-order valence-corrected chi connectivity index (χ2v) is 18.2. The number of hydrogen-bond acceptors (Lipinski definition) is 10. The number of esters is 1. The van der Waals surface area contributed by atoms with Crippen LogP contribution in [0.2, 0.25) is 0 Å². The van der Waals surface area contributed by atoms with Crippen LogP contribution in [0.3, 0.4) is 0 Å². The van der Waals surface area contributed by atoms with E-state index in [0.29, 0.717) is 18.8 Å². The van der Waals surface area contributed by atoms with Crippen LogP contribution in [0.1, 0.15) is 114 Å². The lowest BCUT2D eigenvalue weighted by Crippen LogP contribution is -2.59. The van der Waals surface area contributed by atoms with Gasteiger partial charge in [-0.25, -0.2) is 0 Å². The summed E-state index contributed by atoms with van der Waals surface area (Å²) in [6.07, 6.45) is 7.70. The molecule has 0 radical (unpaired) electrons. The van der Waals surface area contributed by atoms with Gasteiger partial charge in [0.1, 0.15) is 18.1 Å². The predicted octanol–water partition coefficient (Wildman–Crippen LogP) is 6.19. The molecule has 0 spiro atoms. The van der Waals surface area contributed by atoms with Crippen LogP contribution in [-0.2, 0) is 28.5 Å². The summed E-state index contributed by atoms with van der Waals surface area (Å²) in [6.45, 7) is 22.4. The van der Waals surface area contributed by atoms with Crippen LogP contribution in [0.15, 0.2) is 11.6 Å². The van der Waals surface area contributed by atoms with Gasteiger partial charge in [-0.1, -0.05) is 32.4 Å². The van der Waals surface area contributed by atoms with Crippen LogP contribution in [0, 0.1) is 29.1 Å². The minimum Gasteiger partial charge on any atom is -0.463 e. The topological polar surface area (TPSA) is 101 Å². The molecular weight excluding hydrogens is 658 g/mol. The third-order valence-electron chi connectivity index (χ3n) is 12.5. The maximum Gasteiger partial charge on any atom is 0.319 e. The zero-order chi connectivity index (χ0) is 39.0. The highest BCUT2D eigenvalue weighted by Gasteiger charge is 2.51. The number of nitrogens with zero attached hydrogens (tertiary/aromatic N) is 3. The van der Waals surface area contributed by atoms with Gasteiger partial charge in [-0.15, -0.1) is 0 Å². The highest BCUT2D eigenvalue weighted by Crippen LogP contribution is 2.38. The molecule has 10 heteroatoms. The zero-order valence-corrected chi connectivity index (χ0v) is 35.3. The number of hydrogen-bond donors (Lipinski definition) is 1. The van der Waals surface area contributed by atoms with Crippen molar-refractivity contribution in [3.05, 3.63) is 11.6 Å². The molecule has 10 atom stereocenters. The van der Waals surface area contributed by atoms with E-state index in [-0.39, 0.29) is 36.5 Å². The predicted molar refractivity (Wildman–Crippen MR) is 208 cm³/mol. The number of cyclic esters (lactones) is 1. The Kier molecular flexibility index (Phi) is 17.3. The number of likely N-dealkylation sites (N-methyl/N-ethyl adjacent to an activating group) is 2. The van der Waals surface area contributed by atoms with Crippen LogP contribution in [0.4, 0.5) is 0 Å². The Hall–Kier alpha value is -1.40. The molecule has 3 rings (SSSR count). The molecule has 0 aromatic rings. The molecule has 302 valence electrons. The molecule has 0 amide bonds. The largest absolute Gasteiger partial charge is 0.463 e. The number of likely N-dealkylation sites (tertiary alicyclic amines) is 1. The van der Waals surface area contributed by atoms with E-state index in [9.17, 15) is 14.7 Å². The van der Waals surface area contributed by atoms with Crippen LogP contribution in [0.25, 0.3) is 0 Å². The molecule has 10 nitrogen and oxygen atoms in total. The molecule has 0 aromatic heterocycles. The van der Waals surface area contributed by atoms with Crippen molar-refractivity contribution in [2.24, 2.45) is 29.1 Å². The van der Waals surface area contributed by atoms with Gasteiger partial charge in [0.25, 0.3) is 0 Å². The van der Waals surface area contributed by atoms with Crippen molar-refractivity contribution in [3.63, 3.8) is 0 Å². The Bertz CT molecular complexity index is 1150. The maximum absolute atomic E-state index is 14.3. The number of ether oxygens (including phenoxy) is 4. The van der Waals surface area contributed by atoms with E-state index >= 15 is 0 Å². The summed E-state index contributed by atoms with van der Waals surface area (Å²) in [5.41, 5.74) is -0.913. The van der Waals surface area contributed by atoms with Gasteiger partial charge >= 0.3 is 5.97 Å². The molecule has 0 bridgehead atoms. The fourth-order valence-corrected chi connectivity index (χ4v) is 8.87. The van der Waals surface area contributed by atoms with Crippen LogP contribution in [-0.4, -0.2) is 135 Å². The molecular formula is C42H77N3O7. The Morgan fingerprint density at radius 2 is 1.75 bits per heavy atom. The normalized spacial score (nSPS) is 35.7. The Labute approximate surface area is 317 Å². The first-order chi connectivity index (χ1) is 24.3. The van der Waals surface area contributed by atoms with Crippen molar-refractivity contribution in [2.45, 2.75) is 156 Å². The first-order valence-electron chi connectivity index (χ1n) is 20.3. The Morgan fingerprint density at radius 3 is 2.35 bits per heavy atom. The molecule has 3 saturated heterocycles. The van der Waals surface area contributed by atoms with Crippen molar-refractivity contribution < 1.29 is 33.6 Å². The third kappa shape index (κ3) is 12.3. The average Bonchev–Trinajstić information content (AvgIpc) is 3.08. The van der Waals surface area contributed by atoms with Gasteiger partial charge in [0.2, 0.25) is 0 Å². The molecule has 3 heterocycles. The monoisotopic (exact) mass is 736 g/mol. The zero-order valence-electron chi connectivity index (χ0n) is 35.3. The number of rotatable bonds is 12. The minimum atomic E-state index is -1.40. The fraction of sp³-hybridized carbons (Fsp3) is 0.905. The smallest absolute Gasteiger partial charge is 0.319 e. The summed E-state index contributed by atoms with van der Waals surface area (Å²) in [5.74, 6) is -0.0888. The lowest BCUT2D eigenvalue weighted by atomic mass is 9.74. The van der Waals surface area contributed by atoms with Crippen LogP contribution in [0.5, 0.6) is 0 Å². The highest BCUT2D eigenvalue weighted by molar-refractivity contribution is 6.04.